The maximum Gasteiger partial charge on any atom is 0.191 e. The third-order valence-corrected chi connectivity index (χ3v) is 3.59. The van der Waals surface area contributed by atoms with Gasteiger partial charge in [0.15, 0.2) is 5.96 Å². The Morgan fingerprint density at radius 3 is 2.80 bits per heavy atom. The molecule has 2 rings (SSSR count). The quantitative estimate of drug-likeness (QED) is 0.440. The van der Waals surface area contributed by atoms with E-state index in [9.17, 15) is 4.39 Å². The zero-order chi connectivity index (χ0) is 17.9. The van der Waals surface area contributed by atoms with Crippen LogP contribution in [0.25, 0.3) is 0 Å². The summed E-state index contributed by atoms with van der Waals surface area (Å²) in [5, 5.41) is 6.49. The van der Waals surface area contributed by atoms with Gasteiger partial charge in [0.05, 0.1) is 0 Å². The molecule has 0 saturated heterocycles. The van der Waals surface area contributed by atoms with Crippen molar-refractivity contribution in [1.82, 2.24) is 10.6 Å². The molecule has 0 aromatic heterocycles. The summed E-state index contributed by atoms with van der Waals surface area (Å²) in [4.78, 5) is 4.21. The van der Waals surface area contributed by atoms with Crippen molar-refractivity contribution in [2.24, 2.45) is 4.99 Å². The van der Waals surface area contributed by atoms with Crippen molar-refractivity contribution in [1.29, 1.82) is 0 Å². The number of guanidine groups is 1. The van der Waals surface area contributed by atoms with Gasteiger partial charge in [-0.2, -0.15) is 0 Å². The SMILES string of the molecule is C=CCOc1ccccc1CNC(=NC)NCCc1cccc(F)c1. The first kappa shape index (κ1) is 18.5. The lowest BCUT2D eigenvalue weighted by Gasteiger charge is -2.14. The summed E-state index contributed by atoms with van der Waals surface area (Å²) in [6.07, 6.45) is 2.44. The number of nitrogens with one attached hydrogen (secondary N) is 2. The summed E-state index contributed by atoms with van der Waals surface area (Å²) >= 11 is 0. The minimum Gasteiger partial charge on any atom is -0.489 e. The predicted molar refractivity (Wildman–Crippen MR) is 100 cm³/mol. The molecule has 4 nitrogen and oxygen atoms in total. The Morgan fingerprint density at radius 1 is 1.20 bits per heavy atom. The van der Waals surface area contributed by atoms with Crippen LogP contribution in [0.3, 0.4) is 0 Å². The summed E-state index contributed by atoms with van der Waals surface area (Å²) in [6.45, 7) is 5.39. The third-order valence-electron chi connectivity index (χ3n) is 3.59. The van der Waals surface area contributed by atoms with Crippen molar-refractivity contribution in [2.75, 3.05) is 20.2 Å². The first-order valence-corrected chi connectivity index (χ1v) is 8.23. The molecule has 5 heteroatoms. The molecule has 2 aromatic rings. The highest BCUT2D eigenvalue weighted by Crippen LogP contribution is 2.17. The lowest BCUT2D eigenvalue weighted by Crippen LogP contribution is -2.37. The predicted octanol–water partition coefficient (Wildman–Crippen LogP) is 3.30. The van der Waals surface area contributed by atoms with Gasteiger partial charge in [0.25, 0.3) is 0 Å². The second-order valence-electron chi connectivity index (χ2n) is 5.44. The molecule has 0 heterocycles. The largest absolute Gasteiger partial charge is 0.489 e. The smallest absolute Gasteiger partial charge is 0.191 e. The minimum atomic E-state index is -0.212. The molecule has 0 aliphatic heterocycles. The van der Waals surface area contributed by atoms with E-state index < -0.39 is 0 Å². The average molecular weight is 341 g/mol. The molecule has 0 bridgehead atoms. The fourth-order valence-electron chi connectivity index (χ4n) is 2.36. The average Bonchev–Trinajstić information content (AvgIpc) is 2.63. The van der Waals surface area contributed by atoms with Crippen LogP contribution in [-0.4, -0.2) is 26.2 Å². The van der Waals surface area contributed by atoms with E-state index in [1.54, 1.807) is 25.3 Å². The highest BCUT2D eigenvalue weighted by molar-refractivity contribution is 5.79. The van der Waals surface area contributed by atoms with Crippen LogP contribution >= 0.6 is 0 Å². The molecule has 2 aromatic carbocycles. The van der Waals surface area contributed by atoms with E-state index in [-0.39, 0.29) is 5.82 Å². The summed E-state index contributed by atoms with van der Waals surface area (Å²) in [5.41, 5.74) is 1.99. The van der Waals surface area contributed by atoms with Crippen molar-refractivity contribution >= 4 is 5.96 Å². The van der Waals surface area contributed by atoms with Gasteiger partial charge in [0.2, 0.25) is 0 Å². The minimum absolute atomic E-state index is 0.212. The zero-order valence-corrected chi connectivity index (χ0v) is 14.5. The summed E-state index contributed by atoms with van der Waals surface area (Å²) in [6, 6.07) is 14.5. The molecule has 0 spiro atoms. The van der Waals surface area contributed by atoms with E-state index >= 15 is 0 Å². The number of benzene rings is 2. The van der Waals surface area contributed by atoms with Gasteiger partial charge in [0, 0.05) is 25.7 Å². The number of rotatable bonds is 8. The van der Waals surface area contributed by atoms with E-state index in [2.05, 4.69) is 22.2 Å². The van der Waals surface area contributed by atoms with Crippen LogP contribution in [0, 0.1) is 5.82 Å². The van der Waals surface area contributed by atoms with E-state index in [1.165, 1.54) is 6.07 Å². The van der Waals surface area contributed by atoms with Crippen molar-refractivity contribution in [2.45, 2.75) is 13.0 Å². The summed E-state index contributed by atoms with van der Waals surface area (Å²) in [5.74, 6) is 1.30. The molecular formula is C20H24FN3O. The Bertz CT molecular complexity index is 716. The van der Waals surface area contributed by atoms with Gasteiger partial charge < -0.3 is 15.4 Å². The monoisotopic (exact) mass is 341 g/mol. The Labute approximate surface area is 148 Å². The maximum atomic E-state index is 13.2. The topological polar surface area (TPSA) is 45.6 Å². The molecule has 0 aliphatic carbocycles. The maximum absolute atomic E-state index is 13.2. The molecule has 132 valence electrons. The molecule has 2 N–H and O–H groups in total. The molecule has 0 saturated carbocycles. The number of aliphatic imine (C=N–C) groups is 1. The number of para-hydroxylation sites is 1. The van der Waals surface area contributed by atoms with E-state index in [0.29, 0.717) is 25.7 Å². The highest BCUT2D eigenvalue weighted by Gasteiger charge is 2.04. The molecule has 0 aliphatic rings. The van der Waals surface area contributed by atoms with Crippen molar-refractivity contribution in [3.05, 3.63) is 78.1 Å². The second-order valence-corrected chi connectivity index (χ2v) is 5.44. The summed E-state index contributed by atoms with van der Waals surface area (Å²) < 4.78 is 18.8. The van der Waals surface area contributed by atoms with E-state index in [4.69, 9.17) is 4.74 Å². The van der Waals surface area contributed by atoms with Gasteiger partial charge in [-0.1, -0.05) is 43.0 Å². The van der Waals surface area contributed by atoms with Gasteiger partial charge in [-0.3, -0.25) is 4.99 Å². The van der Waals surface area contributed by atoms with Crippen molar-refractivity contribution in [3.63, 3.8) is 0 Å². The molecular weight excluding hydrogens is 317 g/mol. The van der Waals surface area contributed by atoms with Gasteiger partial charge in [-0.05, 0) is 30.2 Å². The number of halogens is 1. The second kappa shape index (κ2) is 10.1. The van der Waals surface area contributed by atoms with Gasteiger partial charge in [-0.25, -0.2) is 4.39 Å². The number of nitrogens with zero attached hydrogens (tertiary/aromatic N) is 1. The third kappa shape index (κ3) is 6.30. The fourth-order valence-corrected chi connectivity index (χ4v) is 2.36. The van der Waals surface area contributed by atoms with Crippen LogP contribution in [0.2, 0.25) is 0 Å². The van der Waals surface area contributed by atoms with E-state index in [0.717, 1.165) is 23.3 Å². The van der Waals surface area contributed by atoms with Crippen LogP contribution in [0.1, 0.15) is 11.1 Å². The van der Waals surface area contributed by atoms with Crippen molar-refractivity contribution in [3.8, 4) is 5.75 Å². The number of hydrogen-bond acceptors (Lipinski definition) is 2. The van der Waals surface area contributed by atoms with Gasteiger partial charge >= 0.3 is 0 Å². The first-order chi connectivity index (χ1) is 12.2. The van der Waals surface area contributed by atoms with Crippen LogP contribution in [-0.2, 0) is 13.0 Å². The lowest BCUT2D eigenvalue weighted by atomic mass is 10.1. The Hall–Kier alpha value is -2.82. The Kier molecular flexibility index (Phi) is 7.50. The molecule has 0 atom stereocenters. The molecule has 0 radical (unpaired) electrons. The molecule has 0 unspecified atom stereocenters. The molecule has 25 heavy (non-hydrogen) atoms. The standard InChI is InChI=1S/C20H24FN3O/c1-3-13-25-19-10-5-4-8-17(19)15-24-20(22-2)23-12-11-16-7-6-9-18(21)14-16/h3-10,14H,1,11-13,15H2,2H3,(H2,22,23,24). The Morgan fingerprint density at radius 2 is 2.04 bits per heavy atom. The normalized spacial score (nSPS) is 11.0. The lowest BCUT2D eigenvalue weighted by molar-refractivity contribution is 0.358. The molecule has 0 fully saturated rings. The van der Waals surface area contributed by atoms with Crippen LogP contribution in [0.4, 0.5) is 4.39 Å². The van der Waals surface area contributed by atoms with Gasteiger partial charge in [0.1, 0.15) is 18.2 Å². The fraction of sp³-hybridized carbons (Fsp3) is 0.250. The van der Waals surface area contributed by atoms with Crippen molar-refractivity contribution < 1.29 is 9.13 Å². The highest BCUT2D eigenvalue weighted by atomic mass is 19.1. The van der Waals surface area contributed by atoms with Gasteiger partial charge in [-0.15, -0.1) is 0 Å². The van der Waals surface area contributed by atoms with Crippen LogP contribution in [0.5, 0.6) is 5.75 Å². The summed E-state index contributed by atoms with van der Waals surface area (Å²) in [7, 11) is 1.72. The zero-order valence-electron chi connectivity index (χ0n) is 14.5. The number of hydrogen-bond donors (Lipinski definition) is 2. The van der Waals surface area contributed by atoms with Crippen LogP contribution in [0.15, 0.2) is 66.2 Å². The first-order valence-electron chi connectivity index (χ1n) is 8.23. The van der Waals surface area contributed by atoms with Crippen LogP contribution < -0.4 is 15.4 Å². The molecule has 0 amide bonds. The number of ether oxygens (including phenoxy) is 1. The van der Waals surface area contributed by atoms with E-state index in [1.807, 2.05) is 30.3 Å². The Balaban J connectivity index is 1.83.